The second-order valence-corrected chi connectivity index (χ2v) is 6.15. The lowest BCUT2D eigenvalue weighted by Gasteiger charge is -2.31. The van der Waals surface area contributed by atoms with Crippen molar-refractivity contribution in [2.45, 2.75) is 38.0 Å². The van der Waals surface area contributed by atoms with Crippen LogP contribution in [-0.2, 0) is 17.8 Å². The third-order valence-electron chi connectivity index (χ3n) is 4.59. The Bertz CT molecular complexity index is 745. The predicted molar refractivity (Wildman–Crippen MR) is 83.0 cm³/mol. The summed E-state index contributed by atoms with van der Waals surface area (Å²) in [5.41, 5.74) is -3.51. The Hall–Kier alpha value is -2.38. The maximum atomic E-state index is 13.1. The molecule has 0 radical (unpaired) electrons. The minimum absolute atomic E-state index is 0.101. The first-order valence-electron chi connectivity index (χ1n) is 7.62. The van der Waals surface area contributed by atoms with E-state index in [1.807, 2.05) is 0 Å². The average Bonchev–Trinajstić information content (AvgIpc) is 2.52. The Morgan fingerprint density at radius 3 is 1.35 bits per heavy atom. The highest BCUT2D eigenvalue weighted by Gasteiger charge is 2.39. The Labute approximate surface area is 145 Å². The summed E-state index contributed by atoms with van der Waals surface area (Å²) < 4.78 is 78.3. The molecule has 2 aromatic carbocycles. The molecule has 0 fully saturated rings. The number of hydrogen-bond donors (Lipinski definition) is 2. The monoisotopic (exact) mass is 378 g/mol. The lowest BCUT2D eigenvalue weighted by atomic mass is 9.73. The van der Waals surface area contributed by atoms with Gasteiger partial charge in [-0.3, -0.25) is 0 Å². The van der Waals surface area contributed by atoms with E-state index < -0.39 is 40.4 Å². The highest BCUT2D eigenvalue weighted by atomic mass is 19.4. The Kier molecular flexibility index (Phi) is 4.91. The van der Waals surface area contributed by atoms with E-state index in [2.05, 4.69) is 0 Å². The highest BCUT2D eigenvalue weighted by molar-refractivity contribution is 5.48. The van der Waals surface area contributed by atoms with Crippen molar-refractivity contribution in [1.29, 1.82) is 0 Å². The van der Waals surface area contributed by atoms with Gasteiger partial charge in [-0.15, -0.1) is 0 Å². The van der Waals surface area contributed by atoms with Gasteiger partial charge >= 0.3 is 12.4 Å². The first-order valence-corrected chi connectivity index (χ1v) is 7.62. The molecule has 0 bridgehead atoms. The lowest BCUT2D eigenvalue weighted by Crippen LogP contribution is -2.24. The van der Waals surface area contributed by atoms with Crippen LogP contribution in [0.1, 0.15) is 42.5 Å². The molecule has 0 saturated carbocycles. The van der Waals surface area contributed by atoms with Gasteiger partial charge in [0.15, 0.2) is 0 Å². The van der Waals surface area contributed by atoms with Crippen molar-refractivity contribution < 1.29 is 36.6 Å². The topological polar surface area (TPSA) is 40.5 Å². The van der Waals surface area contributed by atoms with E-state index in [1.54, 1.807) is 6.92 Å². The summed E-state index contributed by atoms with van der Waals surface area (Å²) in [6, 6.07) is 5.70. The van der Waals surface area contributed by atoms with Gasteiger partial charge in [-0.25, -0.2) is 0 Å². The van der Waals surface area contributed by atoms with Crippen molar-refractivity contribution in [1.82, 2.24) is 0 Å². The van der Waals surface area contributed by atoms with Crippen LogP contribution >= 0.6 is 0 Å². The molecule has 0 atom stereocenters. The van der Waals surface area contributed by atoms with Gasteiger partial charge in [0.2, 0.25) is 0 Å². The van der Waals surface area contributed by atoms with Gasteiger partial charge in [0.25, 0.3) is 0 Å². The molecule has 8 heteroatoms. The molecule has 2 rings (SSSR count). The molecule has 142 valence electrons. The van der Waals surface area contributed by atoms with Crippen LogP contribution in [0.4, 0.5) is 26.3 Å². The fourth-order valence-corrected chi connectivity index (χ4v) is 2.79. The van der Waals surface area contributed by atoms with Gasteiger partial charge in [0.05, 0.1) is 11.1 Å². The van der Waals surface area contributed by atoms with Gasteiger partial charge in [0, 0.05) is 5.41 Å². The molecule has 0 aliphatic heterocycles. The highest BCUT2D eigenvalue weighted by Crippen LogP contribution is 2.44. The normalized spacial score (nSPS) is 13.1. The van der Waals surface area contributed by atoms with E-state index in [1.165, 1.54) is 19.1 Å². The lowest BCUT2D eigenvalue weighted by molar-refractivity contribution is -0.139. The first kappa shape index (κ1) is 19.9. The molecule has 0 unspecified atom stereocenters. The fraction of sp³-hybridized carbons (Fsp3) is 0.333. The molecular formula is C18H16F6O2. The first-order chi connectivity index (χ1) is 11.8. The van der Waals surface area contributed by atoms with Crippen LogP contribution < -0.4 is 0 Å². The van der Waals surface area contributed by atoms with Gasteiger partial charge in [-0.05, 0) is 41.8 Å². The second kappa shape index (κ2) is 6.41. The van der Waals surface area contributed by atoms with E-state index in [4.69, 9.17) is 0 Å². The smallest absolute Gasteiger partial charge is 0.419 e. The number of aromatic hydroxyl groups is 2. The average molecular weight is 378 g/mol. The van der Waals surface area contributed by atoms with Crippen LogP contribution in [-0.4, -0.2) is 10.2 Å². The predicted octanol–water partition coefficient (Wildman–Crippen LogP) is 5.85. The van der Waals surface area contributed by atoms with E-state index in [0.29, 0.717) is 0 Å². The van der Waals surface area contributed by atoms with Gasteiger partial charge in [-0.1, -0.05) is 26.0 Å². The molecule has 0 aromatic heterocycles. The van der Waals surface area contributed by atoms with Gasteiger partial charge < -0.3 is 10.2 Å². The third kappa shape index (κ3) is 3.59. The van der Waals surface area contributed by atoms with Crippen molar-refractivity contribution in [3.8, 4) is 11.5 Å². The quantitative estimate of drug-likeness (QED) is 0.658. The van der Waals surface area contributed by atoms with Crippen molar-refractivity contribution in [3.63, 3.8) is 0 Å². The number of alkyl halides is 6. The van der Waals surface area contributed by atoms with Gasteiger partial charge in [0.1, 0.15) is 11.5 Å². The molecule has 0 aliphatic rings. The minimum atomic E-state index is -4.80. The minimum Gasteiger partial charge on any atom is -0.507 e. The summed E-state index contributed by atoms with van der Waals surface area (Å²) in [5, 5.41) is 18.9. The SMILES string of the molecule is CCC(C)(c1ccc(O)c(C(F)(F)F)c1)c1ccc(O)c(C(F)(F)F)c1. The summed E-state index contributed by atoms with van der Waals surface area (Å²) in [6.45, 7) is 3.13. The number of halogens is 6. The molecule has 2 nitrogen and oxygen atoms in total. The van der Waals surface area contributed by atoms with Crippen molar-refractivity contribution in [2.75, 3.05) is 0 Å². The number of benzene rings is 2. The Morgan fingerprint density at radius 2 is 1.08 bits per heavy atom. The van der Waals surface area contributed by atoms with E-state index in [-0.39, 0.29) is 17.5 Å². The number of phenolic OH excluding ortho intramolecular Hbond substituents is 2. The zero-order chi connectivity index (χ0) is 19.9. The van der Waals surface area contributed by atoms with Crippen LogP contribution in [0.3, 0.4) is 0 Å². The summed E-state index contributed by atoms with van der Waals surface area (Å²) in [5.74, 6) is -1.91. The van der Waals surface area contributed by atoms with Crippen LogP contribution in [0.15, 0.2) is 36.4 Å². The van der Waals surface area contributed by atoms with Crippen molar-refractivity contribution >= 4 is 0 Å². The zero-order valence-corrected chi connectivity index (χ0v) is 13.8. The fourth-order valence-electron chi connectivity index (χ4n) is 2.79. The maximum absolute atomic E-state index is 13.1. The van der Waals surface area contributed by atoms with E-state index in [9.17, 15) is 36.6 Å². The Balaban J connectivity index is 2.67. The Morgan fingerprint density at radius 1 is 0.731 bits per heavy atom. The molecule has 0 saturated heterocycles. The summed E-state index contributed by atoms with van der Waals surface area (Å²) in [6.07, 6.45) is -9.42. The molecular weight excluding hydrogens is 362 g/mol. The van der Waals surface area contributed by atoms with Gasteiger partial charge in [-0.2, -0.15) is 26.3 Å². The summed E-state index contributed by atoms with van der Waals surface area (Å²) in [7, 11) is 0. The van der Waals surface area contributed by atoms with Crippen LogP contribution in [0.25, 0.3) is 0 Å². The molecule has 2 aromatic rings. The second-order valence-electron chi connectivity index (χ2n) is 6.15. The number of rotatable bonds is 3. The molecule has 0 aliphatic carbocycles. The summed E-state index contributed by atoms with van der Waals surface area (Å²) in [4.78, 5) is 0. The molecule has 0 heterocycles. The van der Waals surface area contributed by atoms with E-state index >= 15 is 0 Å². The van der Waals surface area contributed by atoms with E-state index in [0.717, 1.165) is 24.3 Å². The molecule has 2 N–H and O–H groups in total. The summed E-state index contributed by atoms with van der Waals surface area (Å²) >= 11 is 0. The van der Waals surface area contributed by atoms with Crippen molar-refractivity contribution in [2.24, 2.45) is 0 Å². The molecule has 26 heavy (non-hydrogen) atoms. The number of hydrogen-bond acceptors (Lipinski definition) is 2. The number of phenols is 2. The molecule has 0 amide bonds. The van der Waals surface area contributed by atoms with Crippen LogP contribution in [0.2, 0.25) is 0 Å². The standard InChI is InChI=1S/C18H16F6O2/c1-3-16(2,10-4-6-14(25)12(8-10)17(19,20)21)11-5-7-15(26)13(9-11)18(22,23)24/h4-9,25-26H,3H2,1-2H3. The zero-order valence-electron chi connectivity index (χ0n) is 13.8. The van der Waals surface area contributed by atoms with Crippen LogP contribution in [0, 0.1) is 0 Å². The molecule has 0 spiro atoms. The van der Waals surface area contributed by atoms with Crippen LogP contribution in [0.5, 0.6) is 11.5 Å². The maximum Gasteiger partial charge on any atom is 0.419 e. The third-order valence-corrected chi connectivity index (χ3v) is 4.59. The van der Waals surface area contributed by atoms with Crippen molar-refractivity contribution in [3.05, 3.63) is 58.7 Å². The largest absolute Gasteiger partial charge is 0.507 e.